The maximum Gasteiger partial charge on any atom is 0.327 e. The van der Waals surface area contributed by atoms with Crippen molar-refractivity contribution in [3.8, 4) is 6.07 Å². The van der Waals surface area contributed by atoms with Gasteiger partial charge in [-0.2, -0.15) is 10.2 Å². The molecule has 60 heavy (non-hydrogen) atoms. The van der Waals surface area contributed by atoms with E-state index in [1.165, 1.54) is 23.5 Å². The molecule has 7 heterocycles. The zero-order valence-corrected chi connectivity index (χ0v) is 36.0. The number of carbonyl (C=O) groups excluding carboxylic acids is 2. The van der Waals surface area contributed by atoms with Gasteiger partial charge in [0, 0.05) is 24.3 Å². The lowest BCUT2D eigenvalue weighted by Gasteiger charge is -2.29. The minimum Gasteiger partial charge on any atom is -0.349 e. The number of hydrogen-bond acceptors (Lipinski definition) is 18. The first-order chi connectivity index (χ1) is 28.8. The van der Waals surface area contributed by atoms with Crippen molar-refractivity contribution in [3.05, 3.63) is 65.2 Å². The molecule has 316 valence electrons. The van der Waals surface area contributed by atoms with Crippen molar-refractivity contribution in [2.45, 2.75) is 70.0 Å². The Bertz CT molecular complexity index is 2630. The predicted molar refractivity (Wildman–Crippen MR) is 224 cm³/mol. The highest BCUT2D eigenvalue weighted by Gasteiger charge is 2.46. The van der Waals surface area contributed by atoms with Crippen LogP contribution in [0.4, 0.5) is 11.8 Å². The summed E-state index contributed by atoms with van der Waals surface area (Å²) >= 11 is 16.4. The topological polar surface area (TPSA) is 254 Å². The lowest BCUT2D eigenvalue weighted by atomic mass is 10.2. The minimum absolute atomic E-state index is 0.00498. The summed E-state index contributed by atoms with van der Waals surface area (Å²) in [5.41, 5.74) is -2.73. The summed E-state index contributed by atoms with van der Waals surface area (Å²) in [7, 11) is 0. The SMILES string of the molecule is CC(C)C(=O)Nc1nc2c(ncn2[C@@H]2O[C@@H]3COP(=S)(OCCC#N)O[C@H]4C[C@H](n5cnc6c(NC(=O)c7ccccc7)ncnc65)O[C@@H]4COP(=S)(S)O[C@@H]2C3)c(=O)[nH]1. The number of fused-ring (bicyclic) bond motifs is 5. The first kappa shape index (κ1) is 42.6. The summed E-state index contributed by atoms with van der Waals surface area (Å²) in [4.78, 5) is 62.9. The van der Waals surface area contributed by atoms with Crippen LogP contribution in [0.2, 0.25) is 0 Å². The number of rotatable bonds is 9. The second kappa shape index (κ2) is 17.7. The Labute approximate surface area is 356 Å². The first-order valence-electron chi connectivity index (χ1n) is 18.5. The van der Waals surface area contributed by atoms with E-state index in [0.29, 0.717) is 16.7 Å². The molecule has 3 fully saturated rings. The van der Waals surface area contributed by atoms with Crippen LogP contribution in [-0.2, 0) is 60.5 Å². The number of hydrogen-bond donors (Lipinski definition) is 4. The van der Waals surface area contributed by atoms with E-state index in [9.17, 15) is 19.6 Å². The number of benzene rings is 1. The number of anilines is 2. The van der Waals surface area contributed by atoms with Crippen LogP contribution in [0.3, 0.4) is 0 Å². The molecule has 3 N–H and O–H groups in total. The fraction of sp³-hybridized carbons (Fsp3) is 0.441. The van der Waals surface area contributed by atoms with Crippen molar-refractivity contribution in [3.63, 3.8) is 0 Å². The molecule has 0 saturated carbocycles. The van der Waals surface area contributed by atoms with Crippen LogP contribution in [0.25, 0.3) is 22.3 Å². The number of amides is 2. The van der Waals surface area contributed by atoms with Crippen molar-refractivity contribution < 1.29 is 41.7 Å². The van der Waals surface area contributed by atoms with Crippen molar-refractivity contribution in [1.29, 1.82) is 5.26 Å². The third-order valence-electron chi connectivity index (χ3n) is 9.55. The van der Waals surface area contributed by atoms with E-state index in [4.69, 9.17) is 55.7 Å². The zero-order valence-electron chi connectivity index (χ0n) is 31.7. The number of aromatic amines is 1. The number of nitrogens with zero attached hydrogens (tertiary/aromatic N) is 8. The van der Waals surface area contributed by atoms with Gasteiger partial charge in [0.1, 0.15) is 24.8 Å². The molecule has 3 saturated heterocycles. The Kier molecular flexibility index (Phi) is 12.6. The number of aromatic nitrogens is 8. The quantitative estimate of drug-likeness (QED) is 0.0902. The highest BCUT2D eigenvalue weighted by Crippen LogP contribution is 2.59. The molecule has 5 aromatic rings. The molecule has 0 aliphatic carbocycles. The molecular formula is C34H37N11O10P2S3. The molecule has 1 aromatic carbocycles. The van der Waals surface area contributed by atoms with E-state index in [1.807, 2.05) is 12.1 Å². The predicted octanol–water partition coefficient (Wildman–Crippen LogP) is 4.51. The van der Waals surface area contributed by atoms with Gasteiger partial charge >= 0.3 is 6.72 Å². The van der Waals surface area contributed by atoms with Crippen molar-refractivity contribution in [1.82, 2.24) is 39.0 Å². The number of carbonyl (C=O) groups is 2. The maximum absolute atomic E-state index is 13.0. The van der Waals surface area contributed by atoms with Gasteiger partial charge in [-0.3, -0.25) is 33.8 Å². The Morgan fingerprint density at radius 2 is 1.77 bits per heavy atom. The third-order valence-corrected chi connectivity index (χ3v) is 14.2. The van der Waals surface area contributed by atoms with E-state index in [-0.39, 0.29) is 79.7 Å². The second-order valence-electron chi connectivity index (χ2n) is 14.0. The van der Waals surface area contributed by atoms with Gasteiger partial charge in [0.25, 0.3) is 11.5 Å². The number of ether oxygens (including phenoxy) is 2. The van der Waals surface area contributed by atoms with E-state index in [1.54, 1.807) is 42.7 Å². The average molecular weight is 918 g/mol. The van der Waals surface area contributed by atoms with Crippen molar-refractivity contribution >= 4 is 94.2 Å². The van der Waals surface area contributed by atoms with Crippen LogP contribution in [0.15, 0.2) is 54.1 Å². The molecular weight excluding hydrogens is 881 g/mol. The van der Waals surface area contributed by atoms with E-state index in [0.717, 1.165) is 0 Å². The van der Waals surface area contributed by atoms with Crippen LogP contribution >= 0.6 is 24.7 Å². The van der Waals surface area contributed by atoms with Crippen LogP contribution in [0.5, 0.6) is 0 Å². The van der Waals surface area contributed by atoms with Gasteiger partial charge in [-0.1, -0.05) is 44.3 Å². The van der Waals surface area contributed by atoms with Gasteiger partial charge in [0.05, 0.1) is 57.2 Å². The van der Waals surface area contributed by atoms with Crippen molar-refractivity contribution in [2.24, 2.45) is 5.92 Å². The summed E-state index contributed by atoms with van der Waals surface area (Å²) in [6, 6.07) is 10.7. The van der Waals surface area contributed by atoms with E-state index < -0.39 is 54.8 Å². The number of thiol groups is 1. The second-order valence-corrected chi connectivity index (χ2v) is 22.2. The normalized spacial score (nSPS) is 28.4. The number of nitriles is 1. The molecule has 0 spiro atoms. The number of imidazole rings is 2. The average Bonchev–Trinajstić information content (AvgIpc) is 4.02. The summed E-state index contributed by atoms with van der Waals surface area (Å²) in [5.74, 6) is -0.971. The highest BCUT2D eigenvalue weighted by atomic mass is 32.9. The fourth-order valence-corrected chi connectivity index (χ4v) is 10.8. The molecule has 0 radical (unpaired) electrons. The molecule has 8 atom stereocenters. The molecule has 8 rings (SSSR count). The van der Waals surface area contributed by atoms with E-state index in [2.05, 4.69) is 52.8 Å². The van der Waals surface area contributed by atoms with Crippen LogP contribution in [-0.4, -0.2) is 95.1 Å². The Balaban J connectivity index is 1.07. The zero-order chi connectivity index (χ0) is 42.2. The monoisotopic (exact) mass is 917 g/mol. The van der Waals surface area contributed by atoms with Gasteiger partial charge in [-0.05, 0) is 35.7 Å². The minimum atomic E-state index is -3.63. The third kappa shape index (κ3) is 9.23. The van der Waals surface area contributed by atoms with Gasteiger partial charge in [0.2, 0.25) is 17.5 Å². The Morgan fingerprint density at radius 1 is 0.983 bits per heavy atom. The molecule has 3 aliphatic rings. The molecule has 2 amide bonds. The smallest absolute Gasteiger partial charge is 0.327 e. The lowest BCUT2D eigenvalue weighted by molar-refractivity contribution is -0.118. The summed E-state index contributed by atoms with van der Waals surface area (Å²) in [5, 5.41) is 14.7. The standard InChI is InChI=1S/C34H37N11O10P2S3/c1-18(2)30(46)42-34-41-29-26(32(48)43-34)39-17-45(29)33-22-11-20(52-33)13-50-56(58,49-10-6-9-35)54-21-12-24(53-23(21)14-51-57(59,60)55-22)44-16-38-25-27(36-15-37-28(25)44)40-31(47)19-7-4-3-5-8-19/h3-5,7-8,15-18,20-24,33H,6,10-14H2,1-2H3,(H,59,60)(H,36,37,40,47)(H2,41,42,43,46,48)/t20-,21-,22+,23+,24+,33+,56?/m0/s1. The van der Waals surface area contributed by atoms with E-state index >= 15 is 0 Å². The molecule has 4 aromatic heterocycles. The first-order valence-corrected chi connectivity index (χ1v) is 24.9. The van der Waals surface area contributed by atoms with Gasteiger partial charge < -0.3 is 37.4 Å². The molecule has 26 heteroatoms. The lowest BCUT2D eigenvalue weighted by Crippen LogP contribution is -2.29. The summed E-state index contributed by atoms with van der Waals surface area (Å²) < 4.78 is 47.5. The van der Waals surface area contributed by atoms with Crippen LogP contribution in [0, 0.1) is 17.2 Å². The molecule has 21 nitrogen and oxygen atoms in total. The summed E-state index contributed by atoms with van der Waals surface area (Å²) in [6.45, 7) is -0.584. The van der Waals surface area contributed by atoms with Gasteiger partial charge in [0.15, 0.2) is 34.4 Å². The largest absolute Gasteiger partial charge is 0.349 e. The van der Waals surface area contributed by atoms with Crippen LogP contribution < -0.4 is 16.2 Å². The molecule has 3 aliphatic heterocycles. The fourth-order valence-electron chi connectivity index (χ4n) is 6.66. The Morgan fingerprint density at radius 3 is 2.55 bits per heavy atom. The number of nitrogens with one attached hydrogen (secondary N) is 3. The van der Waals surface area contributed by atoms with Crippen LogP contribution in [0.1, 0.15) is 55.9 Å². The van der Waals surface area contributed by atoms with Gasteiger partial charge in [-0.25, -0.2) is 19.9 Å². The maximum atomic E-state index is 13.0. The molecule has 2 bridgehead atoms. The highest BCUT2D eigenvalue weighted by molar-refractivity contribution is 8.60. The molecule has 2 unspecified atom stereocenters. The van der Waals surface area contributed by atoms with Gasteiger partial charge in [-0.15, -0.1) is 0 Å². The summed E-state index contributed by atoms with van der Waals surface area (Å²) in [6.07, 6.45) is -0.222. The van der Waals surface area contributed by atoms with Crippen molar-refractivity contribution in [2.75, 3.05) is 30.5 Å². The number of H-pyrrole nitrogens is 1. The Hall–Kier alpha value is -4.08.